The summed E-state index contributed by atoms with van der Waals surface area (Å²) < 4.78 is 1.87. The molecule has 0 atom stereocenters. The minimum Gasteiger partial charge on any atom is -0.392 e. The molecule has 24 heavy (non-hydrogen) atoms. The number of hydrogen-bond acceptors (Lipinski definition) is 3. The second-order valence-electron chi connectivity index (χ2n) is 5.37. The van der Waals surface area contributed by atoms with Gasteiger partial charge in [0.2, 0.25) is 0 Å². The molecular weight excluding hydrogens is 326 g/mol. The largest absolute Gasteiger partial charge is 0.392 e. The highest BCUT2D eigenvalue weighted by Crippen LogP contribution is 2.13. The van der Waals surface area contributed by atoms with Gasteiger partial charge in [-0.15, -0.1) is 0 Å². The Morgan fingerprint density at radius 1 is 1.17 bits per heavy atom. The number of amides is 1. The van der Waals surface area contributed by atoms with Crippen molar-refractivity contribution >= 4 is 23.3 Å². The molecule has 122 valence electrons. The van der Waals surface area contributed by atoms with Gasteiger partial charge in [0.15, 0.2) is 5.82 Å². The summed E-state index contributed by atoms with van der Waals surface area (Å²) in [5.41, 5.74) is 2.33. The highest BCUT2D eigenvalue weighted by atomic mass is 35.5. The normalized spacial score (nSPS) is 10.6. The molecule has 0 bridgehead atoms. The number of halogens is 1. The topological polar surface area (TPSA) is 67.2 Å². The van der Waals surface area contributed by atoms with Gasteiger partial charge in [-0.3, -0.25) is 4.79 Å². The van der Waals surface area contributed by atoms with E-state index in [1.54, 1.807) is 36.8 Å². The Balaban J connectivity index is 1.65. The first kappa shape index (κ1) is 16.2. The van der Waals surface area contributed by atoms with E-state index in [2.05, 4.69) is 10.3 Å². The van der Waals surface area contributed by atoms with Crippen LogP contribution in [0.2, 0.25) is 5.02 Å². The van der Waals surface area contributed by atoms with Crippen molar-refractivity contribution in [3.63, 3.8) is 0 Å². The molecule has 0 saturated carbocycles. The van der Waals surface area contributed by atoms with Gasteiger partial charge in [0, 0.05) is 23.3 Å². The van der Waals surface area contributed by atoms with E-state index in [-0.39, 0.29) is 12.5 Å². The highest BCUT2D eigenvalue weighted by Gasteiger charge is 2.08. The fraction of sp³-hybridized carbons (Fsp3) is 0.111. The summed E-state index contributed by atoms with van der Waals surface area (Å²) in [6.07, 6.45) is 3.42. The Morgan fingerprint density at radius 2 is 1.96 bits per heavy atom. The summed E-state index contributed by atoms with van der Waals surface area (Å²) in [5, 5.41) is 12.5. The molecule has 0 saturated heterocycles. The molecule has 2 aromatic carbocycles. The van der Waals surface area contributed by atoms with Gasteiger partial charge in [0.25, 0.3) is 5.91 Å². The summed E-state index contributed by atoms with van der Waals surface area (Å²) in [6.45, 7) is 0.574. The van der Waals surface area contributed by atoms with Gasteiger partial charge in [0.05, 0.1) is 12.9 Å². The molecule has 3 aromatic rings. The zero-order chi connectivity index (χ0) is 16.9. The van der Waals surface area contributed by atoms with Crippen LogP contribution in [0.4, 0.5) is 5.82 Å². The van der Waals surface area contributed by atoms with E-state index in [4.69, 9.17) is 16.7 Å². The quantitative estimate of drug-likeness (QED) is 0.748. The molecule has 0 unspecified atom stereocenters. The lowest BCUT2D eigenvalue weighted by molar-refractivity contribution is 0.102. The third-order valence-electron chi connectivity index (χ3n) is 3.53. The number of hydrogen-bond donors (Lipinski definition) is 2. The fourth-order valence-corrected chi connectivity index (χ4v) is 2.52. The van der Waals surface area contributed by atoms with Crippen molar-refractivity contribution in [2.24, 2.45) is 0 Å². The Labute approximate surface area is 144 Å². The zero-order valence-electron chi connectivity index (χ0n) is 12.8. The van der Waals surface area contributed by atoms with E-state index >= 15 is 0 Å². The molecule has 0 radical (unpaired) electrons. The number of anilines is 1. The maximum absolute atomic E-state index is 12.2. The molecule has 0 spiro atoms. The van der Waals surface area contributed by atoms with Crippen molar-refractivity contribution in [2.45, 2.75) is 13.2 Å². The summed E-state index contributed by atoms with van der Waals surface area (Å²) in [4.78, 5) is 16.4. The lowest BCUT2D eigenvalue weighted by atomic mass is 10.1. The van der Waals surface area contributed by atoms with Crippen LogP contribution in [0.25, 0.3) is 0 Å². The van der Waals surface area contributed by atoms with Gasteiger partial charge in [-0.1, -0.05) is 35.9 Å². The number of nitrogens with one attached hydrogen (secondary N) is 1. The number of nitrogens with zero attached hydrogens (tertiary/aromatic N) is 2. The Hall–Kier alpha value is -2.63. The van der Waals surface area contributed by atoms with Crippen LogP contribution in [0, 0.1) is 0 Å². The van der Waals surface area contributed by atoms with Crippen LogP contribution in [0.15, 0.2) is 61.1 Å². The highest BCUT2D eigenvalue weighted by molar-refractivity contribution is 6.30. The molecule has 5 nitrogen and oxygen atoms in total. The van der Waals surface area contributed by atoms with Crippen LogP contribution in [-0.2, 0) is 13.2 Å². The average molecular weight is 342 g/mol. The zero-order valence-corrected chi connectivity index (χ0v) is 13.6. The van der Waals surface area contributed by atoms with E-state index < -0.39 is 0 Å². The van der Waals surface area contributed by atoms with Crippen LogP contribution in [0.1, 0.15) is 21.5 Å². The summed E-state index contributed by atoms with van der Waals surface area (Å²) in [6, 6.07) is 14.4. The lowest BCUT2D eigenvalue weighted by Crippen LogP contribution is -2.12. The Morgan fingerprint density at radius 3 is 2.67 bits per heavy atom. The first-order valence-corrected chi connectivity index (χ1v) is 7.79. The van der Waals surface area contributed by atoms with Crippen LogP contribution in [0.3, 0.4) is 0 Å². The fourth-order valence-electron chi connectivity index (χ4n) is 2.31. The average Bonchev–Trinajstić information content (AvgIpc) is 3.02. The van der Waals surface area contributed by atoms with Gasteiger partial charge >= 0.3 is 0 Å². The summed E-state index contributed by atoms with van der Waals surface area (Å²) in [7, 11) is 0. The summed E-state index contributed by atoms with van der Waals surface area (Å²) >= 11 is 5.98. The second-order valence-corrected chi connectivity index (χ2v) is 5.81. The number of benzene rings is 2. The van der Waals surface area contributed by atoms with Gasteiger partial charge in [-0.05, 0) is 35.4 Å². The van der Waals surface area contributed by atoms with E-state index in [0.29, 0.717) is 22.9 Å². The van der Waals surface area contributed by atoms with Crippen LogP contribution in [0.5, 0.6) is 0 Å². The van der Waals surface area contributed by atoms with Crippen molar-refractivity contribution in [3.8, 4) is 0 Å². The Bertz CT molecular complexity index is 843. The first-order chi connectivity index (χ1) is 11.6. The van der Waals surface area contributed by atoms with Crippen molar-refractivity contribution in [1.29, 1.82) is 0 Å². The molecule has 0 aliphatic carbocycles. The van der Waals surface area contributed by atoms with Gasteiger partial charge < -0.3 is 15.0 Å². The van der Waals surface area contributed by atoms with Crippen molar-refractivity contribution < 1.29 is 9.90 Å². The minimum absolute atomic E-state index is 0.0458. The molecule has 0 aliphatic heterocycles. The van der Waals surface area contributed by atoms with Crippen molar-refractivity contribution in [2.75, 3.05) is 5.32 Å². The van der Waals surface area contributed by atoms with E-state index in [9.17, 15) is 4.79 Å². The van der Waals surface area contributed by atoms with Crippen molar-refractivity contribution in [3.05, 3.63) is 82.8 Å². The number of carbonyl (C=O) groups excluding carboxylic acids is 1. The monoisotopic (exact) mass is 341 g/mol. The molecule has 3 rings (SSSR count). The van der Waals surface area contributed by atoms with Gasteiger partial charge in [0.1, 0.15) is 0 Å². The molecule has 0 aliphatic rings. The number of rotatable bonds is 5. The number of carbonyl (C=O) groups is 1. The maximum Gasteiger partial charge on any atom is 0.256 e. The molecule has 6 heteroatoms. The third-order valence-corrected chi connectivity index (χ3v) is 3.76. The SMILES string of the molecule is O=C(Nc1cn(Cc2cccc(Cl)c2)cn1)c1ccc(CO)cc1. The summed E-state index contributed by atoms with van der Waals surface area (Å²) in [5.74, 6) is 0.237. The standard InChI is InChI=1S/C18H16ClN3O2/c19-16-3-1-2-14(8-16)9-22-10-17(20-12-22)21-18(24)15-6-4-13(11-23)5-7-15/h1-8,10,12,23H,9,11H2,(H,21,24). The number of imidazole rings is 1. The maximum atomic E-state index is 12.2. The second kappa shape index (κ2) is 7.29. The predicted molar refractivity (Wildman–Crippen MR) is 93.1 cm³/mol. The molecule has 0 fully saturated rings. The van der Waals surface area contributed by atoms with Crippen molar-refractivity contribution in [1.82, 2.24) is 9.55 Å². The molecule has 1 amide bonds. The number of aliphatic hydroxyl groups is 1. The molecule has 1 heterocycles. The van der Waals surface area contributed by atoms with Gasteiger partial charge in [-0.2, -0.15) is 0 Å². The van der Waals surface area contributed by atoms with Crippen LogP contribution < -0.4 is 5.32 Å². The minimum atomic E-state index is -0.243. The van der Waals surface area contributed by atoms with Crippen LogP contribution in [-0.4, -0.2) is 20.6 Å². The Kier molecular flexibility index (Phi) is 4.93. The smallest absolute Gasteiger partial charge is 0.256 e. The van der Waals surface area contributed by atoms with E-state index in [0.717, 1.165) is 11.1 Å². The number of aliphatic hydroxyl groups excluding tert-OH is 1. The molecule has 2 N–H and O–H groups in total. The first-order valence-electron chi connectivity index (χ1n) is 7.41. The third kappa shape index (κ3) is 4.01. The lowest BCUT2D eigenvalue weighted by Gasteiger charge is -2.04. The van der Waals surface area contributed by atoms with E-state index in [1.165, 1.54) is 0 Å². The molecule has 1 aromatic heterocycles. The van der Waals surface area contributed by atoms with Gasteiger partial charge in [-0.25, -0.2) is 4.98 Å². The van der Waals surface area contributed by atoms with E-state index in [1.807, 2.05) is 28.8 Å². The predicted octanol–water partition coefficient (Wildman–Crippen LogP) is 3.33. The number of aromatic nitrogens is 2. The molecular formula is C18H16ClN3O2. The van der Waals surface area contributed by atoms with Crippen LogP contribution >= 0.6 is 11.6 Å².